The van der Waals surface area contributed by atoms with Crippen molar-refractivity contribution in [2.24, 2.45) is 5.84 Å². The molecule has 3 nitrogen and oxygen atoms in total. The van der Waals surface area contributed by atoms with Crippen LogP contribution in [0, 0.1) is 13.8 Å². The van der Waals surface area contributed by atoms with Gasteiger partial charge in [-0.15, -0.1) is 0 Å². The van der Waals surface area contributed by atoms with Crippen LogP contribution in [0.2, 0.25) is 0 Å². The smallest absolute Gasteiger partial charge is 0.0862 e. The predicted molar refractivity (Wildman–Crippen MR) is 69.6 cm³/mol. The summed E-state index contributed by atoms with van der Waals surface area (Å²) in [7, 11) is 0. The average Bonchev–Trinajstić information content (AvgIpc) is 2.65. The second kappa shape index (κ2) is 4.77. The minimum absolute atomic E-state index is 0.0589. The highest BCUT2D eigenvalue weighted by molar-refractivity contribution is 5.32. The number of hydrazine groups is 1. The zero-order valence-electron chi connectivity index (χ0n) is 10.9. The lowest BCUT2D eigenvalue weighted by Crippen LogP contribution is -2.44. The molecule has 3 heteroatoms. The SMILES string of the molecule is Cc1cc(C)cc(C(NN)C2(C)CCCO2)c1. The summed E-state index contributed by atoms with van der Waals surface area (Å²) in [6.45, 7) is 7.20. The van der Waals surface area contributed by atoms with Crippen molar-refractivity contribution in [3.8, 4) is 0 Å². The molecule has 2 atom stereocenters. The molecule has 2 unspecified atom stereocenters. The molecule has 1 fully saturated rings. The number of hydrogen-bond acceptors (Lipinski definition) is 3. The molecule has 0 amide bonds. The lowest BCUT2D eigenvalue weighted by atomic mass is 9.87. The topological polar surface area (TPSA) is 47.3 Å². The molecule has 2 rings (SSSR count). The van der Waals surface area contributed by atoms with Gasteiger partial charge >= 0.3 is 0 Å². The maximum absolute atomic E-state index is 5.89. The number of benzene rings is 1. The van der Waals surface area contributed by atoms with Crippen LogP contribution in [-0.4, -0.2) is 12.2 Å². The summed E-state index contributed by atoms with van der Waals surface area (Å²) >= 11 is 0. The lowest BCUT2D eigenvalue weighted by Gasteiger charge is -2.33. The standard InChI is InChI=1S/C14H22N2O/c1-10-7-11(2)9-12(8-10)13(16-15)14(3)5-4-6-17-14/h7-9,13,16H,4-6,15H2,1-3H3. The summed E-state index contributed by atoms with van der Waals surface area (Å²) in [6.07, 6.45) is 2.16. The van der Waals surface area contributed by atoms with Crippen molar-refractivity contribution in [2.75, 3.05) is 6.61 Å². The maximum Gasteiger partial charge on any atom is 0.0862 e. The number of aryl methyl sites for hydroxylation is 2. The van der Waals surface area contributed by atoms with Crippen molar-refractivity contribution in [2.45, 2.75) is 45.3 Å². The molecule has 0 bridgehead atoms. The highest BCUT2D eigenvalue weighted by Gasteiger charge is 2.38. The molecule has 0 saturated carbocycles. The van der Waals surface area contributed by atoms with Crippen molar-refractivity contribution in [1.29, 1.82) is 0 Å². The molecule has 1 aliphatic heterocycles. The summed E-state index contributed by atoms with van der Waals surface area (Å²) in [5.74, 6) is 5.74. The largest absolute Gasteiger partial charge is 0.373 e. The van der Waals surface area contributed by atoms with Gasteiger partial charge in [-0.25, -0.2) is 0 Å². The van der Waals surface area contributed by atoms with E-state index in [-0.39, 0.29) is 11.6 Å². The predicted octanol–water partition coefficient (Wildman–Crippen LogP) is 2.38. The molecule has 1 aromatic carbocycles. The van der Waals surface area contributed by atoms with E-state index in [1.807, 2.05) is 0 Å². The first-order valence-electron chi connectivity index (χ1n) is 6.23. The molecular weight excluding hydrogens is 212 g/mol. The van der Waals surface area contributed by atoms with Crippen molar-refractivity contribution in [1.82, 2.24) is 5.43 Å². The molecule has 1 heterocycles. The summed E-state index contributed by atoms with van der Waals surface area (Å²) in [5.41, 5.74) is 6.49. The quantitative estimate of drug-likeness (QED) is 0.623. The van der Waals surface area contributed by atoms with Crippen molar-refractivity contribution >= 4 is 0 Å². The third-order valence-corrected chi connectivity index (χ3v) is 3.60. The molecule has 0 aromatic heterocycles. The van der Waals surface area contributed by atoms with E-state index >= 15 is 0 Å². The number of nitrogens with one attached hydrogen (secondary N) is 1. The second-order valence-electron chi connectivity index (χ2n) is 5.29. The van der Waals surface area contributed by atoms with E-state index in [1.54, 1.807) is 0 Å². The van der Waals surface area contributed by atoms with Crippen LogP contribution in [-0.2, 0) is 4.74 Å². The zero-order valence-corrected chi connectivity index (χ0v) is 10.9. The lowest BCUT2D eigenvalue weighted by molar-refractivity contribution is -0.0125. The first-order chi connectivity index (χ1) is 8.05. The fourth-order valence-electron chi connectivity index (χ4n) is 2.83. The number of nitrogens with two attached hydrogens (primary N) is 1. The molecule has 1 saturated heterocycles. The number of rotatable bonds is 3. The Hall–Kier alpha value is -0.900. The molecule has 0 aliphatic carbocycles. The molecule has 1 aliphatic rings. The Balaban J connectivity index is 2.34. The first kappa shape index (κ1) is 12.6. The average molecular weight is 234 g/mol. The second-order valence-corrected chi connectivity index (χ2v) is 5.29. The summed E-state index contributed by atoms with van der Waals surface area (Å²) < 4.78 is 5.89. The van der Waals surface area contributed by atoms with Gasteiger partial charge in [-0.1, -0.05) is 29.3 Å². The van der Waals surface area contributed by atoms with Gasteiger partial charge in [0.25, 0.3) is 0 Å². The fourth-order valence-corrected chi connectivity index (χ4v) is 2.83. The van der Waals surface area contributed by atoms with E-state index in [1.165, 1.54) is 16.7 Å². The van der Waals surface area contributed by atoms with Gasteiger partial charge in [-0.3, -0.25) is 11.3 Å². The number of hydrogen-bond donors (Lipinski definition) is 2. The van der Waals surface area contributed by atoms with Crippen molar-refractivity contribution < 1.29 is 4.74 Å². The molecule has 0 radical (unpaired) electrons. The number of ether oxygens (including phenoxy) is 1. The van der Waals surface area contributed by atoms with Gasteiger partial charge in [-0.2, -0.15) is 0 Å². The van der Waals surface area contributed by atoms with E-state index in [4.69, 9.17) is 10.6 Å². The van der Waals surface area contributed by atoms with Gasteiger partial charge < -0.3 is 4.74 Å². The van der Waals surface area contributed by atoms with Crippen LogP contribution in [0.4, 0.5) is 0 Å². The highest BCUT2D eigenvalue weighted by atomic mass is 16.5. The Morgan fingerprint density at radius 3 is 2.41 bits per heavy atom. The minimum atomic E-state index is -0.186. The Morgan fingerprint density at radius 2 is 1.94 bits per heavy atom. The van der Waals surface area contributed by atoms with Gasteiger partial charge in [0, 0.05) is 6.61 Å². The highest BCUT2D eigenvalue weighted by Crippen LogP contribution is 2.37. The minimum Gasteiger partial charge on any atom is -0.373 e. The Labute approximate surface area is 103 Å². The van der Waals surface area contributed by atoms with Gasteiger partial charge in [-0.05, 0) is 39.2 Å². The molecule has 1 aromatic rings. The van der Waals surface area contributed by atoms with Crippen LogP contribution in [0.5, 0.6) is 0 Å². The third-order valence-electron chi connectivity index (χ3n) is 3.60. The van der Waals surface area contributed by atoms with Gasteiger partial charge in [0.1, 0.15) is 0 Å². The van der Waals surface area contributed by atoms with Crippen LogP contribution in [0.25, 0.3) is 0 Å². The van der Waals surface area contributed by atoms with Crippen LogP contribution in [0.1, 0.15) is 42.5 Å². The monoisotopic (exact) mass is 234 g/mol. The Morgan fingerprint density at radius 1 is 1.29 bits per heavy atom. The molecule has 17 heavy (non-hydrogen) atoms. The fraction of sp³-hybridized carbons (Fsp3) is 0.571. The zero-order chi connectivity index (χ0) is 12.5. The van der Waals surface area contributed by atoms with Gasteiger partial charge in [0.2, 0.25) is 0 Å². The normalized spacial score (nSPS) is 26.1. The van der Waals surface area contributed by atoms with E-state index in [9.17, 15) is 0 Å². The third kappa shape index (κ3) is 2.51. The van der Waals surface area contributed by atoms with Crippen LogP contribution < -0.4 is 11.3 Å². The molecular formula is C14H22N2O. The molecule has 0 spiro atoms. The van der Waals surface area contributed by atoms with E-state index in [0.717, 1.165) is 19.4 Å². The van der Waals surface area contributed by atoms with Gasteiger partial charge in [0.05, 0.1) is 11.6 Å². The van der Waals surface area contributed by atoms with Crippen LogP contribution >= 0.6 is 0 Å². The van der Waals surface area contributed by atoms with Gasteiger partial charge in [0.15, 0.2) is 0 Å². The van der Waals surface area contributed by atoms with Crippen LogP contribution in [0.3, 0.4) is 0 Å². The Bertz CT molecular complexity index is 377. The van der Waals surface area contributed by atoms with E-state index < -0.39 is 0 Å². The molecule has 94 valence electrons. The van der Waals surface area contributed by atoms with Crippen LogP contribution in [0.15, 0.2) is 18.2 Å². The summed E-state index contributed by atoms with van der Waals surface area (Å²) in [4.78, 5) is 0. The Kier molecular flexibility index (Phi) is 3.52. The van der Waals surface area contributed by atoms with Crippen molar-refractivity contribution in [3.05, 3.63) is 34.9 Å². The first-order valence-corrected chi connectivity index (χ1v) is 6.23. The summed E-state index contributed by atoms with van der Waals surface area (Å²) in [5, 5.41) is 0. The molecule has 3 N–H and O–H groups in total. The maximum atomic E-state index is 5.89. The van der Waals surface area contributed by atoms with E-state index in [2.05, 4.69) is 44.4 Å². The summed E-state index contributed by atoms with van der Waals surface area (Å²) in [6, 6.07) is 6.60. The van der Waals surface area contributed by atoms with Crippen molar-refractivity contribution in [3.63, 3.8) is 0 Å². The van der Waals surface area contributed by atoms with E-state index in [0.29, 0.717) is 0 Å².